The van der Waals surface area contributed by atoms with Crippen LogP contribution in [0.2, 0.25) is 5.02 Å². The quantitative estimate of drug-likeness (QED) is 0.887. The molecular weight excluding hydrogens is 330 g/mol. The number of nitrogens with zero attached hydrogens (tertiary/aromatic N) is 1. The van der Waals surface area contributed by atoms with Crippen LogP contribution in [0.15, 0.2) is 42.7 Å². The number of amides is 1. The first-order chi connectivity index (χ1) is 11.6. The molecule has 0 spiro atoms. The lowest BCUT2D eigenvalue weighted by molar-refractivity contribution is -0.124. The van der Waals surface area contributed by atoms with Gasteiger partial charge in [-0.15, -0.1) is 0 Å². The van der Waals surface area contributed by atoms with E-state index in [2.05, 4.69) is 10.3 Å². The fourth-order valence-corrected chi connectivity index (χ4v) is 2.63. The number of benzene rings is 1. The lowest BCUT2D eigenvalue weighted by Crippen LogP contribution is -2.54. The Morgan fingerprint density at radius 3 is 2.62 bits per heavy atom. The molecule has 1 amide bonds. The van der Waals surface area contributed by atoms with Gasteiger partial charge in [0.05, 0.1) is 5.02 Å². The third-order valence-electron chi connectivity index (χ3n) is 3.90. The zero-order valence-corrected chi connectivity index (χ0v) is 13.8. The fourth-order valence-electron chi connectivity index (χ4n) is 2.41. The molecule has 24 heavy (non-hydrogen) atoms. The van der Waals surface area contributed by atoms with Gasteiger partial charge < -0.3 is 20.5 Å². The summed E-state index contributed by atoms with van der Waals surface area (Å²) in [5.41, 5.74) is 5.83. The van der Waals surface area contributed by atoms with Crippen LogP contribution in [0.3, 0.4) is 0 Å². The third kappa shape index (κ3) is 3.84. The van der Waals surface area contributed by atoms with Crippen molar-refractivity contribution in [3.8, 4) is 11.5 Å². The van der Waals surface area contributed by atoms with Gasteiger partial charge >= 0.3 is 0 Å². The standard InChI is InChI=1S/C17H18ClN3O3/c18-14-11-12(21-16(22)17(19)5-9-23-10-6-17)1-2-15(14)24-13-3-7-20-8-4-13/h1-4,7-8,11H,5-6,9-10,19H2,(H,21,22). The molecule has 2 heterocycles. The van der Waals surface area contributed by atoms with Gasteiger partial charge in [-0.3, -0.25) is 9.78 Å². The van der Waals surface area contributed by atoms with Crippen molar-refractivity contribution >= 4 is 23.2 Å². The number of carbonyl (C=O) groups is 1. The van der Waals surface area contributed by atoms with Crippen LogP contribution < -0.4 is 15.8 Å². The molecule has 3 N–H and O–H groups in total. The number of rotatable bonds is 4. The molecule has 1 aliphatic heterocycles. The van der Waals surface area contributed by atoms with E-state index in [9.17, 15) is 4.79 Å². The molecular formula is C17H18ClN3O3. The number of halogens is 1. The highest BCUT2D eigenvalue weighted by Gasteiger charge is 2.35. The molecule has 7 heteroatoms. The molecule has 0 saturated carbocycles. The summed E-state index contributed by atoms with van der Waals surface area (Å²) in [4.78, 5) is 16.3. The van der Waals surface area contributed by atoms with Crippen molar-refractivity contribution in [2.24, 2.45) is 5.73 Å². The number of hydrogen-bond donors (Lipinski definition) is 2. The number of nitrogens with one attached hydrogen (secondary N) is 1. The highest BCUT2D eigenvalue weighted by molar-refractivity contribution is 6.32. The Morgan fingerprint density at radius 2 is 1.96 bits per heavy atom. The molecule has 0 radical (unpaired) electrons. The van der Waals surface area contributed by atoms with Gasteiger partial charge in [-0.1, -0.05) is 11.6 Å². The van der Waals surface area contributed by atoms with Gasteiger partial charge in [-0.25, -0.2) is 0 Å². The first-order valence-corrected chi connectivity index (χ1v) is 8.00. The highest BCUT2D eigenvalue weighted by atomic mass is 35.5. The third-order valence-corrected chi connectivity index (χ3v) is 4.20. The SMILES string of the molecule is NC1(C(=O)Nc2ccc(Oc3ccncc3)c(Cl)c2)CCOCC1. The molecule has 0 unspecified atom stereocenters. The highest BCUT2D eigenvalue weighted by Crippen LogP contribution is 2.32. The summed E-state index contributed by atoms with van der Waals surface area (Å²) in [5, 5.41) is 3.21. The second-order valence-corrected chi connectivity index (χ2v) is 6.06. The van der Waals surface area contributed by atoms with Gasteiger partial charge in [0.15, 0.2) is 0 Å². The summed E-state index contributed by atoms with van der Waals surface area (Å²) in [5.74, 6) is 0.894. The van der Waals surface area contributed by atoms with Crippen LogP contribution in [-0.4, -0.2) is 29.6 Å². The molecule has 1 aliphatic rings. The number of nitrogens with two attached hydrogens (primary N) is 1. The first kappa shape index (κ1) is 16.7. The maximum atomic E-state index is 12.4. The average Bonchev–Trinajstić information content (AvgIpc) is 2.59. The molecule has 0 aliphatic carbocycles. The van der Waals surface area contributed by atoms with Crippen molar-refractivity contribution in [3.05, 3.63) is 47.7 Å². The first-order valence-electron chi connectivity index (χ1n) is 7.62. The Hall–Kier alpha value is -2.15. The van der Waals surface area contributed by atoms with Crippen molar-refractivity contribution in [1.29, 1.82) is 0 Å². The topological polar surface area (TPSA) is 86.5 Å². The lowest BCUT2D eigenvalue weighted by Gasteiger charge is -2.31. The second-order valence-electron chi connectivity index (χ2n) is 5.65. The van der Waals surface area contributed by atoms with Crippen molar-refractivity contribution in [1.82, 2.24) is 4.98 Å². The van der Waals surface area contributed by atoms with Crippen LogP contribution in [0.25, 0.3) is 0 Å². The van der Waals surface area contributed by atoms with E-state index >= 15 is 0 Å². The number of anilines is 1. The van der Waals surface area contributed by atoms with Gasteiger partial charge in [-0.05, 0) is 43.2 Å². The monoisotopic (exact) mass is 347 g/mol. The van der Waals surface area contributed by atoms with E-state index in [1.54, 1.807) is 42.7 Å². The molecule has 126 valence electrons. The zero-order chi connectivity index (χ0) is 17.0. The Kier molecular flexibility index (Phi) is 4.99. The van der Waals surface area contributed by atoms with Gasteiger partial charge in [0, 0.05) is 31.3 Å². The summed E-state index contributed by atoms with van der Waals surface area (Å²) in [6.07, 6.45) is 4.25. The van der Waals surface area contributed by atoms with Crippen molar-refractivity contribution in [3.63, 3.8) is 0 Å². The molecule has 6 nitrogen and oxygen atoms in total. The fraction of sp³-hybridized carbons (Fsp3) is 0.294. The van der Waals surface area contributed by atoms with E-state index in [1.807, 2.05) is 0 Å². The van der Waals surface area contributed by atoms with Crippen molar-refractivity contribution in [2.75, 3.05) is 18.5 Å². The van der Waals surface area contributed by atoms with E-state index in [1.165, 1.54) is 0 Å². The normalized spacial score (nSPS) is 16.4. The number of carbonyl (C=O) groups excluding carboxylic acids is 1. The summed E-state index contributed by atoms with van der Waals surface area (Å²) < 4.78 is 10.9. The lowest BCUT2D eigenvalue weighted by atomic mass is 9.90. The Balaban J connectivity index is 1.69. The number of aromatic nitrogens is 1. The van der Waals surface area contributed by atoms with Gasteiger partial charge in [0.25, 0.3) is 0 Å². The minimum atomic E-state index is -0.906. The predicted octanol–water partition coefficient (Wildman–Crippen LogP) is 2.97. The second kappa shape index (κ2) is 7.17. The Labute approximate surface area is 144 Å². The zero-order valence-electron chi connectivity index (χ0n) is 13.0. The van der Waals surface area contributed by atoms with Crippen molar-refractivity contribution < 1.29 is 14.3 Å². The summed E-state index contributed by atoms with van der Waals surface area (Å²) in [6.45, 7) is 0.979. The minimum absolute atomic E-state index is 0.232. The molecule has 1 aromatic heterocycles. The van der Waals surface area contributed by atoms with Gasteiger partial charge in [0.1, 0.15) is 17.0 Å². The maximum Gasteiger partial charge on any atom is 0.244 e. The van der Waals surface area contributed by atoms with Crippen molar-refractivity contribution in [2.45, 2.75) is 18.4 Å². The van der Waals surface area contributed by atoms with E-state index in [0.29, 0.717) is 48.3 Å². The smallest absolute Gasteiger partial charge is 0.244 e. The van der Waals surface area contributed by atoms with Crippen LogP contribution >= 0.6 is 11.6 Å². The maximum absolute atomic E-state index is 12.4. The summed E-state index contributed by atoms with van der Waals surface area (Å²) >= 11 is 6.24. The number of hydrogen-bond acceptors (Lipinski definition) is 5. The van der Waals surface area contributed by atoms with Gasteiger partial charge in [0.2, 0.25) is 5.91 Å². The molecule has 0 atom stereocenters. The van der Waals surface area contributed by atoms with Crippen LogP contribution in [0.4, 0.5) is 5.69 Å². The molecule has 0 bridgehead atoms. The predicted molar refractivity (Wildman–Crippen MR) is 91.4 cm³/mol. The largest absolute Gasteiger partial charge is 0.456 e. The van der Waals surface area contributed by atoms with Crippen LogP contribution in [0.5, 0.6) is 11.5 Å². The number of ether oxygens (including phenoxy) is 2. The van der Waals surface area contributed by atoms with Crippen LogP contribution in [-0.2, 0) is 9.53 Å². The molecule has 1 fully saturated rings. The van der Waals surface area contributed by atoms with E-state index in [-0.39, 0.29) is 5.91 Å². The van der Waals surface area contributed by atoms with Crippen LogP contribution in [0.1, 0.15) is 12.8 Å². The molecule has 2 aromatic rings. The number of pyridine rings is 1. The van der Waals surface area contributed by atoms with Gasteiger partial charge in [-0.2, -0.15) is 0 Å². The Morgan fingerprint density at radius 1 is 1.25 bits per heavy atom. The molecule has 1 aromatic carbocycles. The Bertz CT molecular complexity index is 718. The van der Waals surface area contributed by atoms with E-state index in [0.717, 1.165) is 0 Å². The summed E-state index contributed by atoms with van der Waals surface area (Å²) in [6, 6.07) is 8.53. The average molecular weight is 348 g/mol. The molecule has 3 rings (SSSR count). The van der Waals surface area contributed by atoms with Crippen LogP contribution in [0, 0.1) is 0 Å². The summed E-state index contributed by atoms with van der Waals surface area (Å²) in [7, 11) is 0. The van der Waals surface area contributed by atoms with E-state index < -0.39 is 5.54 Å². The molecule has 1 saturated heterocycles. The minimum Gasteiger partial charge on any atom is -0.456 e. The van der Waals surface area contributed by atoms with E-state index in [4.69, 9.17) is 26.8 Å².